The summed E-state index contributed by atoms with van der Waals surface area (Å²) < 4.78 is 0. The van der Waals surface area contributed by atoms with Gasteiger partial charge < -0.3 is 0 Å². The Kier molecular flexibility index (Phi) is 6.95. The van der Waals surface area contributed by atoms with E-state index in [0.717, 1.165) is 5.56 Å². The molecule has 2 aromatic rings. The molecule has 4 nitrogen and oxygen atoms in total. The zero-order valence-corrected chi connectivity index (χ0v) is 10.2. The minimum atomic E-state index is 0.435. The van der Waals surface area contributed by atoms with Gasteiger partial charge in [-0.2, -0.15) is 4.99 Å². The second-order valence-corrected chi connectivity index (χ2v) is 3.43. The summed E-state index contributed by atoms with van der Waals surface area (Å²) in [5, 5.41) is 0. The zero-order chi connectivity index (χ0) is 13.8. The molecule has 0 heterocycles. The number of rotatable bonds is 3. The van der Waals surface area contributed by atoms with Gasteiger partial charge in [-0.05, 0) is 17.7 Å². The molecule has 0 unspecified atom stereocenters. The van der Waals surface area contributed by atoms with Gasteiger partial charge in [-0.25, -0.2) is 14.6 Å². The van der Waals surface area contributed by atoms with Gasteiger partial charge in [0.1, 0.15) is 0 Å². The maximum atomic E-state index is 9.69. The van der Waals surface area contributed by atoms with Gasteiger partial charge >= 0.3 is 0 Å². The first-order chi connectivity index (χ1) is 9.36. The summed E-state index contributed by atoms with van der Waals surface area (Å²) >= 11 is 0. The Morgan fingerprint density at radius 3 is 1.89 bits per heavy atom. The second-order valence-electron chi connectivity index (χ2n) is 3.43. The van der Waals surface area contributed by atoms with E-state index in [4.69, 9.17) is 0 Å². The summed E-state index contributed by atoms with van der Waals surface area (Å²) in [6.07, 6.45) is 2.95. The van der Waals surface area contributed by atoms with Crippen LogP contribution in [0.1, 0.15) is 5.56 Å². The predicted octanol–water partition coefficient (Wildman–Crippen LogP) is 3.18. The fourth-order valence-corrected chi connectivity index (χ4v) is 1.26. The van der Waals surface area contributed by atoms with E-state index in [9.17, 15) is 9.59 Å². The van der Waals surface area contributed by atoms with Crippen LogP contribution in [0.2, 0.25) is 0 Å². The molecule has 94 valence electrons. The smallest absolute Gasteiger partial charge is 0.211 e. The fraction of sp³-hybridized carbons (Fsp3) is 0.0667. The number of nitrogens with zero attached hydrogens (tertiary/aromatic N) is 2. The number of isocyanates is 2. The van der Waals surface area contributed by atoms with Crippen LogP contribution < -0.4 is 0 Å². The first kappa shape index (κ1) is 14.3. The molecule has 0 aliphatic heterocycles. The van der Waals surface area contributed by atoms with E-state index in [1.54, 1.807) is 12.1 Å². The third kappa shape index (κ3) is 6.49. The minimum Gasteiger partial charge on any atom is -0.211 e. The molecule has 0 N–H and O–H groups in total. The maximum Gasteiger partial charge on any atom is 0.240 e. The molecule has 0 spiro atoms. The molecule has 0 aliphatic carbocycles. The lowest BCUT2D eigenvalue weighted by atomic mass is 10.2. The number of aliphatic imine (C=N–C) groups is 2. The second kappa shape index (κ2) is 9.25. The Balaban J connectivity index is 0.000000191. The van der Waals surface area contributed by atoms with E-state index >= 15 is 0 Å². The summed E-state index contributed by atoms with van der Waals surface area (Å²) in [5.41, 5.74) is 1.68. The average Bonchev–Trinajstić information content (AvgIpc) is 2.48. The van der Waals surface area contributed by atoms with Crippen molar-refractivity contribution >= 4 is 17.8 Å². The minimum absolute atomic E-state index is 0.435. The summed E-state index contributed by atoms with van der Waals surface area (Å²) in [5.74, 6) is 0. The molecule has 0 bridgehead atoms. The van der Waals surface area contributed by atoms with Crippen LogP contribution in [-0.2, 0) is 16.1 Å². The molecule has 0 aromatic heterocycles. The van der Waals surface area contributed by atoms with Crippen LogP contribution in [0.15, 0.2) is 70.6 Å². The van der Waals surface area contributed by atoms with Crippen LogP contribution in [0, 0.1) is 0 Å². The van der Waals surface area contributed by atoms with Gasteiger partial charge in [0.2, 0.25) is 12.2 Å². The SMILES string of the molecule is O=C=NCc1ccccc1.O=C=Nc1ccccc1. The van der Waals surface area contributed by atoms with E-state index in [1.807, 2.05) is 48.5 Å². The van der Waals surface area contributed by atoms with Crippen LogP contribution in [0.5, 0.6) is 0 Å². The highest BCUT2D eigenvalue weighted by Crippen LogP contribution is 2.07. The molecule has 4 heteroatoms. The third-order valence-electron chi connectivity index (χ3n) is 2.10. The van der Waals surface area contributed by atoms with Crippen LogP contribution >= 0.6 is 0 Å². The van der Waals surface area contributed by atoms with Crippen molar-refractivity contribution in [3.05, 3.63) is 66.2 Å². The van der Waals surface area contributed by atoms with E-state index in [-0.39, 0.29) is 0 Å². The van der Waals surface area contributed by atoms with Crippen LogP contribution in [0.3, 0.4) is 0 Å². The Morgan fingerprint density at radius 1 is 0.789 bits per heavy atom. The maximum absolute atomic E-state index is 9.69. The van der Waals surface area contributed by atoms with Crippen molar-refractivity contribution in [3.63, 3.8) is 0 Å². The monoisotopic (exact) mass is 252 g/mol. The van der Waals surface area contributed by atoms with Crippen molar-refractivity contribution in [1.82, 2.24) is 0 Å². The van der Waals surface area contributed by atoms with E-state index < -0.39 is 0 Å². The molecule has 19 heavy (non-hydrogen) atoms. The lowest BCUT2D eigenvalue weighted by Crippen LogP contribution is -1.77. The highest BCUT2D eigenvalue weighted by Gasteiger charge is 1.84. The quantitative estimate of drug-likeness (QED) is 0.622. The van der Waals surface area contributed by atoms with E-state index in [2.05, 4.69) is 9.98 Å². The lowest BCUT2D eigenvalue weighted by Gasteiger charge is -1.89. The van der Waals surface area contributed by atoms with Crippen molar-refractivity contribution in [2.45, 2.75) is 6.54 Å². The summed E-state index contributed by atoms with van der Waals surface area (Å²) in [6, 6.07) is 18.6. The van der Waals surface area contributed by atoms with Gasteiger partial charge in [0.15, 0.2) is 0 Å². The molecule has 0 fully saturated rings. The molecular weight excluding hydrogens is 240 g/mol. The number of hydrogen-bond donors (Lipinski definition) is 0. The van der Waals surface area contributed by atoms with E-state index in [1.165, 1.54) is 12.2 Å². The van der Waals surface area contributed by atoms with Crippen LogP contribution in [-0.4, -0.2) is 12.2 Å². The van der Waals surface area contributed by atoms with Crippen molar-refractivity contribution < 1.29 is 9.59 Å². The van der Waals surface area contributed by atoms with Crippen molar-refractivity contribution in [2.24, 2.45) is 9.98 Å². The van der Waals surface area contributed by atoms with Crippen LogP contribution in [0.25, 0.3) is 0 Å². The van der Waals surface area contributed by atoms with Gasteiger partial charge in [-0.15, -0.1) is 0 Å². The average molecular weight is 252 g/mol. The van der Waals surface area contributed by atoms with Crippen LogP contribution in [0.4, 0.5) is 5.69 Å². The Morgan fingerprint density at radius 2 is 1.37 bits per heavy atom. The molecule has 0 amide bonds. The van der Waals surface area contributed by atoms with Gasteiger partial charge in [0.05, 0.1) is 12.2 Å². The third-order valence-corrected chi connectivity index (χ3v) is 2.10. The highest BCUT2D eigenvalue weighted by molar-refractivity contribution is 5.47. The number of para-hydroxylation sites is 1. The molecule has 0 saturated carbocycles. The first-order valence-electron chi connectivity index (χ1n) is 5.57. The zero-order valence-electron chi connectivity index (χ0n) is 10.2. The molecule has 0 saturated heterocycles. The van der Waals surface area contributed by atoms with E-state index in [0.29, 0.717) is 12.2 Å². The van der Waals surface area contributed by atoms with Gasteiger partial charge in [0.25, 0.3) is 0 Å². The molecule has 0 atom stereocenters. The molecule has 2 aromatic carbocycles. The summed E-state index contributed by atoms with van der Waals surface area (Å²) in [4.78, 5) is 26.2. The number of benzene rings is 2. The predicted molar refractivity (Wildman–Crippen MR) is 72.5 cm³/mol. The number of hydrogen-bond acceptors (Lipinski definition) is 4. The van der Waals surface area contributed by atoms with Gasteiger partial charge in [0, 0.05) is 0 Å². The molecule has 0 radical (unpaired) electrons. The van der Waals surface area contributed by atoms with Gasteiger partial charge in [-0.1, -0.05) is 48.5 Å². The molecular formula is C15H12N2O2. The van der Waals surface area contributed by atoms with Crippen molar-refractivity contribution in [3.8, 4) is 0 Å². The van der Waals surface area contributed by atoms with Gasteiger partial charge in [-0.3, -0.25) is 0 Å². The fourth-order valence-electron chi connectivity index (χ4n) is 1.26. The van der Waals surface area contributed by atoms with Crippen molar-refractivity contribution in [2.75, 3.05) is 0 Å². The Bertz CT molecular complexity index is 570. The largest absolute Gasteiger partial charge is 0.240 e. The summed E-state index contributed by atoms with van der Waals surface area (Å²) in [6.45, 7) is 0.435. The lowest BCUT2D eigenvalue weighted by molar-refractivity contribution is 0.562. The first-order valence-corrected chi connectivity index (χ1v) is 5.57. The highest BCUT2D eigenvalue weighted by atomic mass is 16.1. The summed E-state index contributed by atoms with van der Waals surface area (Å²) in [7, 11) is 0. The molecule has 2 rings (SSSR count). The normalized spacial score (nSPS) is 8.21. The standard InChI is InChI=1S/C8H7NO.C7H5NO/c10-7-9-6-8-4-2-1-3-5-8;9-6-8-7-4-2-1-3-5-7/h1-5H,6H2;1-5H. The Labute approximate surface area is 111 Å². The number of carbonyl (C=O) groups excluding carboxylic acids is 2. The Hall–Kier alpha value is -2.80. The topological polar surface area (TPSA) is 58.9 Å². The molecule has 0 aliphatic rings. The van der Waals surface area contributed by atoms with Crippen molar-refractivity contribution in [1.29, 1.82) is 0 Å².